The van der Waals surface area contributed by atoms with Crippen molar-refractivity contribution in [3.8, 4) is 0 Å². The largest absolute Gasteiger partial charge is 0.465 e. The predicted molar refractivity (Wildman–Crippen MR) is 56.0 cm³/mol. The molecule has 0 aromatic heterocycles. The molecule has 1 aliphatic heterocycles. The summed E-state index contributed by atoms with van der Waals surface area (Å²) in [6.07, 6.45) is 3.06. The van der Waals surface area contributed by atoms with Gasteiger partial charge in [0.2, 0.25) is 0 Å². The van der Waals surface area contributed by atoms with E-state index in [2.05, 4.69) is 19.2 Å². The highest BCUT2D eigenvalue weighted by atomic mass is 16.5. The molecule has 0 aromatic rings. The van der Waals surface area contributed by atoms with Crippen molar-refractivity contribution in [3.05, 3.63) is 0 Å². The third kappa shape index (κ3) is 4.09. The van der Waals surface area contributed by atoms with Crippen molar-refractivity contribution >= 4 is 5.97 Å². The molecule has 0 bridgehead atoms. The zero-order chi connectivity index (χ0) is 10.4. The van der Waals surface area contributed by atoms with E-state index < -0.39 is 0 Å². The Bertz CT molecular complexity index is 174. The van der Waals surface area contributed by atoms with Crippen molar-refractivity contribution in [2.75, 3.05) is 19.7 Å². The second kappa shape index (κ2) is 6.02. The van der Waals surface area contributed by atoms with Crippen LogP contribution < -0.4 is 5.32 Å². The highest BCUT2D eigenvalue weighted by Gasteiger charge is 2.23. The number of esters is 1. The average molecular weight is 199 g/mol. The van der Waals surface area contributed by atoms with Gasteiger partial charge >= 0.3 is 5.97 Å². The van der Waals surface area contributed by atoms with Crippen LogP contribution in [0.1, 0.15) is 33.1 Å². The van der Waals surface area contributed by atoms with Crippen molar-refractivity contribution < 1.29 is 9.53 Å². The lowest BCUT2D eigenvalue weighted by Crippen LogP contribution is -2.20. The first-order chi connectivity index (χ1) is 6.70. The second-order valence-electron chi connectivity index (χ2n) is 4.39. The van der Waals surface area contributed by atoms with Crippen LogP contribution in [0.4, 0.5) is 0 Å². The number of nitrogens with one attached hydrogen (secondary N) is 1. The molecule has 3 nitrogen and oxygen atoms in total. The molecular weight excluding hydrogens is 178 g/mol. The van der Waals surface area contributed by atoms with Crippen LogP contribution in [0.2, 0.25) is 0 Å². The molecule has 3 heteroatoms. The first-order valence-corrected chi connectivity index (χ1v) is 5.57. The van der Waals surface area contributed by atoms with Gasteiger partial charge in [-0.15, -0.1) is 0 Å². The zero-order valence-corrected chi connectivity index (χ0v) is 9.21. The molecule has 82 valence electrons. The number of rotatable bonds is 5. The molecule has 0 aliphatic carbocycles. The van der Waals surface area contributed by atoms with Gasteiger partial charge in [-0.3, -0.25) is 4.79 Å². The topological polar surface area (TPSA) is 38.3 Å². The van der Waals surface area contributed by atoms with Gasteiger partial charge in [-0.05, 0) is 31.7 Å². The Balaban J connectivity index is 2.03. The third-order valence-electron chi connectivity index (χ3n) is 2.56. The van der Waals surface area contributed by atoms with Crippen molar-refractivity contribution in [2.45, 2.75) is 33.1 Å². The molecule has 14 heavy (non-hydrogen) atoms. The molecule has 0 saturated carbocycles. The van der Waals surface area contributed by atoms with E-state index in [-0.39, 0.29) is 11.9 Å². The first kappa shape index (κ1) is 11.5. The van der Waals surface area contributed by atoms with Crippen LogP contribution >= 0.6 is 0 Å². The van der Waals surface area contributed by atoms with E-state index in [0.29, 0.717) is 12.5 Å². The van der Waals surface area contributed by atoms with Gasteiger partial charge in [-0.25, -0.2) is 0 Å². The van der Waals surface area contributed by atoms with Crippen molar-refractivity contribution in [2.24, 2.45) is 11.8 Å². The molecule has 1 atom stereocenters. The maximum Gasteiger partial charge on any atom is 0.310 e. The van der Waals surface area contributed by atoms with E-state index >= 15 is 0 Å². The lowest BCUT2D eigenvalue weighted by molar-refractivity contribution is -0.148. The molecule has 1 rings (SSSR count). The van der Waals surface area contributed by atoms with Crippen LogP contribution in [-0.2, 0) is 9.53 Å². The van der Waals surface area contributed by atoms with Gasteiger partial charge in [-0.2, -0.15) is 0 Å². The minimum Gasteiger partial charge on any atom is -0.465 e. The number of carbonyl (C=O) groups excluding carboxylic acids is 1. The summed E-state index contributed by atoms with van der Waals surface area (Å²) in [7, 11) is 0. The Morgan fingerprint density at radius 2 is 2.36 bits per heavy atom. The zero-order valence-electron chi connectivity index (χ0n) is 9.21. The Kier molecular flexibility index (Phi) is 4.94. The van der Waals surface area contributed by atoms with Crippen molar-refractivity contribution in [3.63, 3.8) is 0 Å². The van der Waals surface area contributed by atoms with Crippen molar-refractivity contribution in [1.82, 2.24) is 5.32 Å². The maximum absolute atomic E-state index is 11.4. The van der Waals surface area contributed by atoms with Crippen LogP contribution in [0.15, 0.2) is 0 Å². The Morgan fingerprint density at radius 1 is 1.57 bits per heavy atom. The fourth-order valence-corrected chi connectivity index (χ4v) is 1.64. The van der Waals surface area contributed by atoms with Gasteiger partial charge in [-0.1, -0.05) is 13.8 Å². The summed E-state index contributed by atoms with van der Waals surface area (Å²) < 4.78 is 5.20. The van der Waals surface area contributed by atoms with E-state index in [1.54, 1.807) is 0 Å². The minimum absolute atomic E-state index is 0.0150. The summed E-state index contributed by atoms with van der Waals surface area (Å²) >= 11 is 0. The molecule has 1 fully saturated rings. The molecule has 1 saturated heterocycles. The molecule has 1 heterocycles. The number of hydrogen-bond donors (Lipinski definition) is 1. The van der Waals surface area contributed by atoms with E-state index in [1.807, 2.05) is 0 Å². The standard InChI is InChI=1S/C11H21NO2/c1-9(2)4-3-7-14-11(13)10-5-6-12-8-10/h9-10,12H,3-8H2,1-2H3. The maximum atomic E-state index is 11.4. The lowest BCUT2D eigenvalue weighted by Gasteiger charge is -2.09. The number of carbonyl (C=O) groups is 1. The Morgan fingerprint density at radius 3 is 2.93 bits per heavy atom. The van der Waals surface area contributed by atoms with Crippen LogP contribution in [-0.4, -0.2) is 25.7 Å². The Labute approximate surface area is 86.2 Å². The first-order valence-electron chi connectivity index (χ1n) is 5.57. The molecule has 1 unspecified atom stereocenters. The molecule has 0 radical (unpaired) electrons. The van der Waals surface area contributed by atoms with Gasteiger partial charge in [0.15, 0.2) is 0 Å². The quantitative estimate of drug-likeness (QED) is 0.539. The minimum atomic E-state index is -0.0150. The SMILES string of the molecule is CC(C)CCCOC(=O)C1CCNC1. The van der Waals surface area contributed by atoms with Crippen LogP contribution in [0.5, 0.6) is 0 Å². The van der Waals surface area contributed by atoms with Crippen LogP contribution in [0.25, 0.3) is 0 Å². The highest BCUT2D eigenvalue weighted by molar-refractivity contribution is 5.73. The van der Waals surface area contributed by atoms with E-state index in [4.69, 9.17) is 4.74 Å². The predicted octanol–water partition coefficient (Wildman–Crippen LogP) is 1.58. The summed E-state index contributed by atoms with van der Waals surface area (Å²) in [6, 6.07) is 0. The summed E-state index contributed by atoms with van der Waals surface area (Å²) in [5, 5.41) is 3.16. The second-order valence-corrected chi connectivity index (χ2v) is 4.39. The smallest absolute Gasteiger partial charge is 0.310 e. The fourth-order valence-electron chi connectivity index (χ4n) is 1.64. The summed E-state index contributed by atoms with van der Waals surface area (Å²) in [4.78, 5) is 11.4. The Hall–Kier alpha value is -0.570. The van der Waals surface area contributed by atoms with Gasteiger partial charge in [0.25, 0.3) is 0 Å². The van der Waals surface area contributed by atoms with Gasteiger partial charge in [0.05, 0.1) is 12.5 Å². The summed E-state index contributed by atoms with van der Waals surface area (Å²) in [6.45, 7) is 6.70. The van der Waals surface area contributed by atoms with E-state index in [0.717, 1.165) is 32.4 Å². The molecule has 0 amide bonds. The third-order valence-corrected chi connectivity index (χ3v) is 2.56. The van der Waals surface area contributed by atoms with E-state index in [9.17, 15) is 4.79 Å². The summed E-state index contributed by atoms with van der Waals surface area (Å²) in [5.74, 6) is 0.787. The van der Waals surface area contributed by atoms with E-state index in [1.165, 1.54) is 0 Å². The number of hydrogen-bond acceptors (Lipinski definition) is 3. The summed E-state index contributed by atoms with van der Waals surface area (Å²) in [5.41, 5.74) is 0. The number of ether oxygens (including phenoxy) is 1. The molecule has 0 aromatic carbocycles. The van der Waals surface area contributed by atoms with Crippen LogP contribution in [0.3, 0.4) is 0 Å². The van der Waals surface area contributed by atoms with Crippen molar-refractivity contribution in [1.29, 1.82) is 0 Å². The molecular formula is C11H21NO2. The molecule has 0 spiro atoms. The monoisotopic (exact) mass is 199 g/mol. The average Bonchev–Trinajstić information content (AvgIpc) is 2.64. The normalized spacial score (nSPS) is 21.5. The highest BCUT2D eigenvalue weighted by Crippen LogP contribution is 2.10. The fraction of sp³-hybridized carbons (Fsp3) is 0.909. The lowest BCUT2D eigenvalue weighted by atomic mass is 10.1. The van der Waals surface area contributed by atoms with Gasteiger partial charge < -0.3 is 10.1 Å². The van der Waals surface area contributed by atoms with Gasteiger partial charge in [0.1, 0.15) is 0 Å². The molecule has 1 N–H and O–H groups in total. The van der Waals surface area contributed by atoms with Crippen LogP contribution in [0, 0.1) is 11.8 Å². The molecule has 1 aliphatic rings. The van der Waals surface area contributed by atoms with Gasteiger partial charge in [0, 0.05) is 6.54 Å².